The SMILES string of the molecule is CCOC(=O)c1cc(-n2cc(Br)cn2)nc(-n2cc(I)cn2)c1. The zero-order chi connectivity index (χ0) is 16.4. The van der Waals surface area contributed by atoms with Gasteiger partial charge in [0.15, 0.2) is 11.6 Å². The number of esters is 1. The van der Waals surface area contributed by atoms with E-state index in [1.54, 1.807) is 47.0 Å². The molecule has 0 aromatic carbocycles. The van der Waals surface area contributed by atoms with Crippen LogP contribution in [-0.4, -0.2) is 37.1 Å². The van der Waals surface area contributed by atoms with Gasteiger partial charge in [0.2, 0.25) is 0 Å². The molecule has 23 heavy (non-hydrogen) atoms. The Bertz CT molecular complexity index is 802. The maximum atomic E-state index is 12.1. The van der Waals surface area contributed by atoms with Crippen LogP contribution in [0.2, 0.25) is 0 Å². The Morgan fingerprint density at radius 1 is 1.22 bits per heavy atom. The maximum absolute atomic E-state index is 12.1. The number of aromatic nitrogens is 5. The van der Waals surface area contributed by atoms with E-state index in [4.69, 9.17) is 4.74 Å². The van der Waals surface area contributed by atoms with E-state index in [1.807, 2.05) is 6.20 Å². The summed E-state index contributed by atoms with van der Waals surface area (Å²) in [5.74, 6) is 0.604. The summed E-state index contributed by atoms with van der Waals surface area (Å²) in [5.41, 5.74) is 0.393. The van der Waals surface area contributed by atoms with Crippen molar-refractivity contribution in [1.82, 2.24) is 24.5 Å². The van der Waals surface area contributed by atoms with Gasteiger partial charge in [-0.15, -0.1) is 0 Å². The monoisotopic (exact) mass is 487 g/mol. The van der Waals surface area contributed by atoms with Crippen LogP contribution in [0.15, 0.2) is 41.4 Å². The first-order valence-corrected chi connectivity index (χ1v) is 8.54. The fourth-order valence-corrected chi connectivity index (χ4v) is 2.59. The van der Waals surface area contributed by atoms with Crippen molar-refractivity contribution in [3.05, 3.63) is 50.5 Å². The number of carbonyl (C=O) groups excluding carboxylic acids is 1. The van der Waals surface area contributed by atoms with Crippen LogP contribution in [0.25, 0.3) is 11.6 Å². The minimum Gasteiger partial charge on any atom is -0.462 e. The lowest BCUT2D eigenvalue weighted by Crippen LogP contribution is -2.10. The van der Waals surface area contributed by atoms with Crippen LogP contribution in [0.5, 0.6) is 0 Å². The molecule has 3 aromatic rings. The molecule has 118 valence electrons. The number of halogens is 2. The van der Waals surface area contributed by atoms with Gasteiger partial charge in [-0.05, 0) is 57.6 Å². The predicted molar refractivity (Wildman–Crippen MR) is 94.9 cm³/mol. The number of hydrogen-bond acceptors (Lipinski definition) is 5. The average molecular weight is 488 g/mol. The standard InChI is InChI=1S/C14H11BrIN5O2/c1-2-23-14(22)9-3-12(20-7-10(15)5-17-20)19-13(4-9)21-8-11(16)6-18-21/h3-8H,2H2,1H3. The van der Waals surface area contributed by atoms with E-state index in [0.717, 1.165) is 8.04 Å². The topological polar surface area (TPSA) is 74.8 Å². The molecule has 0 aliphatic carbocycles. The molecular formula is C14H11BrIN5O2. The van der Waals surface area contributed by atoms with Gasteiger partial charge in [-0.3, -0.25) is 0 Å². The number of rotatable bonds is 4. The first-order valence-electron chi connectivity index (χ1n) is 6.67. The zero-order valence-electron chi connectivity index (χ0n) is 12.0. The molecule has 0 saturated carbocycles. The molecule has 0 saturated heterocycles. The van der Waals surface area contributed by atoms with Gasteiger partial charge in [0.25, 0.3) is 0 Å². The molecule has 0 unspecified atom stereocenters. The highest BCUT2D eigenvalue weighted by Gasteiger charge is 2.14. The Balaban J connectivity index is 2.12. The van der Waals surface area contributed by atoms with Crippen molar-refractivity contribution in [2.75, 3.05) is 6.61 Å². The third kappa shape index (κ3) is 3.61. The molecule has 0 radical (unpaired) electrons. The summed E-state index contributed by atoms with van der Waals surface area (Å²) in [6.45, 7) is 2.07. The molecule has 0 aliphatic rings. The summed E-state index contributed by atoms with van der Waals surface area (Å²) < 4.78 is 10.0. The molecule has 3 aromatic heterocycles. The fraction of sp³-hybridized carbons (Fsp3) is 0.143. The molecule has 0 spiro atoms. The Morgan fingerprint density at radius 3 is 2.39 bits per heavy atom. The van der Waals surface area contributed by atoms with Crippen LogP contribution < -0.4 is 0 Å². The van der Waals surface area contributed by atoms with Gasteiger partial charge in [-0.25, -0.2) is 19.1 Å². The summed E-state index contributed by atoms with van der Waals surface area (Å²) in [6.07, 6.45) is 6.94. The molecule has 0 bridgehead atoms. The van der Waals surface area contributed by atoms with E-state index in [9.17, 15) is 4.79 Å². The predicted octanol–water partition coefficient (Wildman–Crippen LogP) is 3.00. The van der Waals surface area contributed by atoms with Gasteiger partial charge in [-0.2, -0.15) is 10.2 Å². The molecule has 3 heterocycles. The van der Waals surface area contributed by atoms with Crippen LogP contribution in [-0.2, 0) is 4.74 Å². The van der Waals surface area contributed by atoms with Gasteiger partial charge in [0.05, 0.1) is 32.6 Å². The zero-order valence-corrected chi connectivity index (χ0v) is 15.7. The molecule has 0 fully saturated rings. The Kier molecular flexibility index (Phi) is 4.76. The van der Waals surface area contributed by atoms with E-state index in [1.165, 1.54) is 0 Å². The number of pyridine rings is 1. The molecule has 0 aliphatic heterocycles. The van der Waals surface area contributed by atoms with Crippen molar-refractivity contribution in [3.8, 4) is 11.6 Å². The van der Waals surface area contributed by atoms with Crippen molar-refractivity contribution >= 4 is 44.5 Å². The minimum absolute atomic E-state index is 0.304. The first kappa shape index (κ1) is 16.1. The van der Waals surface area contributed by atoms with Crippen LogP contribution in [0.1, 0.15) is 17.3 Å². The average Bonchev–Trinajstić information content (AvgIpc) is 3.16. The van der Waals surface area contributed by atoms with E-state index >= 15 is 0 Å². The minimum atomic E-state index is -0.412. The molecule has 3 rings (SSSR count). The van der Waals surface area contributed by atoms with Crippen molar-refractivity contribution in [2.45, 2.75) is 6.92 Å². The third-order valence-corrected chi connectivity index (χ3v) is 3.85. The second-order valence-electron chi connectivity index (χ2n) is 4.50. The lowest BCUT2D eigenvalue weighted by molar-refractivity contribution is 0.0526. The molecule has 9 heteroatoms. The molecule has 7 nitrogen and oxygen atoms in total. The molecule has 0 N–H and O–H groups in total. The van der Waals surface area contributed by atoms with Gasteiger partial charge in [0.1, 0.15) is 0 Å². The maximum Gasteiger partial charge on any atom is 0.338 e. The van der Waals surface area contributed by atoms with E-state index < -0.39 is 5.97 Å². The summed E-state index contributed by atoms with van der Waals surface area (Å²) in [6, 6.07) is 3.28. The first-order chi connectivity index (χ1) is 11.1. The Hall–Kier alpha value is -1.75. The van der Waals surface area contributed by atoms with Gasteiger partial charge >= 0.3 is 5.97 Å². The van der Waals surface area contributed by atoms with Gasteiger partial charge in [0, 0.05) is 12.4 Å². The second-order valence-corrected chi connectivity index (χ2v) is 6.66. The smallest absolute Gasteiger partial charge is 0.338 e. The third-order valence-electron chi connectivity index (χ3n) is 2.88. The number of nitrogens with zero attached hydrogens (tertiary/aromatic N) is 5. The van der Waals surface area contributed by atoms with Crippen molar-refractivity contribution in [3.63, 3.8) is 0 Å². The van der Waals surface area contributed by atoms with Crippen LogP contribution in [0.3, 0.4) is 0 Å². The van der Waals surface area contributed by atoms with Gasteiger partial charge in [-0.1, -0.05) is 0 Å². The molecule has 0 atom stereocenters. The van der Waals surface area contributed by atoms with Crippen molar-refractivity contribution in [2.24, 2.45) is 0 Å². The van der Waals surface area contributed by atoms with E-state index in [-0.39, 0.29) is 0 Å². The van der Waals surface area contributed by atoms with Crippen molar-refractivity contribution in [1.29, 1.82) is 0 Å². The van der Waals surface area contributed by atoms with Gasteiger partial charge < -0.3 is 4.74 Å². The van der Waals surface area contributed by atoms with Crippen LogP contribution in [0, 0.1) is 3.57 Å². The van der Waals surface area contributed by atoms with Crippen LogP contribution in [0.4, 0.5) is 0 Å². The number of hydrogen-bond donors (Lipinski definition) is 0. The highest BCUT2D eigenvalue weighted by Crippen LogP contribution is 2.17. The normalized spacial score (nSPS) is 10.7. The van der Waals surface area contributed by atoms with Crippen molar-refractivity contribution < 1.29 is 9.53 Å². The van der Waals surface area contributed by atoms with E-state index in [2.05, 4.69) is 53.7 Å². The van der Waals surface area contributed by atoms with Crippen LogP contribution >= 0.6 is 38.5 Å². The lowest BCUT2D eigenvalue weighted by Gasteiger charge is -2.08. The Labute approximate surface area is 153 Å². The Morgan fingerprint density at radius 2 is 1.87 bits per heavy atom. The highest BCUT2D eigenvalue weighted by atomic mass is 127. The second kappa shape index (κ2) is 6.79. The summed E-state index contributed by atoms with van der Waals surface area (Å²) in [7, 11) is 0. The summed E-state index contributed by atoms with van der Waals surface area (Å²) in [5, 5.41) is 8.42. The number of ether oxygens (including phenoxy) is 1. The fourth-order valence-electron chi connectivity index (χ4n) is 1.92. The summed E-state index contributed by atoms with van der Waals surface area (Å²) >= 11 is 5.51. The number of carbonyl (C=O) groups is 1. The molecular weight excluding hydrogens is 477 g/mol. The van der Waals surface area contributed by atoms with E-state index in [0.29, 0.717) is 23.8 Å². The lowest BCUT2D eigenvalue weighted by atomic mass is 10.2. The quantitative estimate of drug-likeness (QED) is 0.417. The highest BCUT2D eigenvalue weighted by molar-refractivity contribution is 14.1. The summed E-state index contributed by atoms with van der Waals surface area (Å²) in [4.78, 5) is 16.6. The molecule has 0 amide bonds. The largest absolute Gasteiger partial charge is 0.462 e.